The monoisotopic (exact) mass is 332 g/mol. The van der Waals surface area contributed by atoms with Crippen LogP contribution in [-0.4, -0.2) is 60.4 Å². The molecule has 24 heavy (non-hydrogen) atoms. The van der Waals surface area contributed by atoms with Crippen molar-refractivity contribution in [3.05, 3.63) is 35.9 Å². The van der Waals surface area contributed by atoms with Gasteiger partial charge in [0.2, 0.25) is 5.91 Å². The Kier molecular flexibility index (Phi) is 5.54. The van der Waals surface area contributed by atoms with E-state index in [-0.39, 0.29) is 17.7 Å². The van der Waals surface area contributed by atoms with Crippen LogP contribution in [0.25, 0.3) is 0 Å². The number of nitrogens with zero attached hydrogens (tertiary/aromatic N) is 2. The lowest BCUT2D eigenvalue weighted by Gasteiger charge is -2.38. The molecule has 5 heteroatoms. The van der Waals surface area contributed by atoms with Gasteiger partial charge in [-0.1, -0.05) is 30.3 Å². The van der Waals surface area contributed by atoms with Gasteiger partial charge in [0.05, 0.1) is 19.8 Å². The standard InChI is InChI=1S/C19H28N2O3/c1-16(2)21(14-17-6-4-3-5-7-17)18(22)15-20-10-8-19(9-11-20)23-12-13-24-19/h3-7,16H,8-15H2,1-2H3. The lowest BCUT2D eigenvalue weighted by atomic mass is 10.0. The molecule has 2 aliphatic heterocycles. The molecule has 3 rings (SSSR count). The summed E-state index contributed by atoms with van der Waals surface area (Å²) in [7, 11) is 0. The fourth-order valence-corrected chi connectivity index (χ4v) is 3.46. The van der Waals surface area contributed by atoms with Crippen LogP contribution in [0.15, 0.2) is 30.3 Å². The smallest absolute Gasteiger partial charge is 0.237 e. The van der Waals surface area contributed by atoms with Crippen molar-refractivity contribution in [2.45, 2.75) is 45.1 Å². The number of ether oxygens (including phenoxy) is 2. The average molecular weight is 332 g/mol. The van der Waals surface area contributed by atoms with Crippen molar-refractivity contribution in [3.8, 4) is 0 Å². The number of hydrogen-bond acceptors (Lipinski definition) is 4. The van der Waals surface area contributed by atoms with E-state index >= 15 is 0 Å². The highest BCUT2D eigenvalue weighted by Gasteiger charge is 2.40. The van der Waals surface area contributed by atoms with Crippen LogP contribution in [-0.2, 0) is 20.8 Å². The Morgan fingerprint density at radius 3 is 2.38 bits per heavy atom. The van der Waals surface area contributed by atoms with E-state index in [0.29, 0.717) is 26.3 Å². The van der Waals surface area contributed by atoms with Gasteiger partial charge in [-0.25, -0.2) is 0 Å². The second-order valence-corrected chi connectivity index (χ2v) is 6.98. The molecule has 2 aliphatic rings. The van der Waals surface area contributed by atoms with Crippen LogP contribution in [0.5, 0.6) is 0 Å². The maximum atomic E-state index is 12.8. The Morgan fingerprint density at radius 2 is 1.79 bits per heavy atom. The van der Waals surface area contributed by atoms with Crippen LogP contribution >= 0.6 is 0 Å². The highest BCUT2D eigenvalue weighted by molar-refractivity contribution is 5.78. The van der Waals surface area contributed by atoms with Crippen molar-refractivity contribution in [2.24, 2.45) is 0 Å². The van der Waals surface area contributed by atoms with Gasteiger partial charge in [-0.05, 0) is 19.4 Å². The predicted molar refractivity (Wildman–Crippen MR) is 92.4 cm³/mol. The van der Waals surface area contributed by atoms with Gasteiger partial charge in [-0.3, -0.25) is 9.69 Å². The van der Waals surface area contributed by atoms with Crippen LogP contribution in [0.1, 0.15) is 32.3 Å². The molecule has 1 amide bonds. The molecule has 0 unspecified atom stereocenters. The molecule has 0 saturated carbocycles. The third-order valence-corrected chi connectivity index (χ3v) is 4.93. The first-order valence-electron chi connectivity index (χ1n) is 8.92. The molecule has 2 saturated heterocycles. The summed E-state index contributed by atoms with van der Waals surface area (Å²) >= 11 is 0. The Hall–Kier alpha value is -1.43. The Morgan fingerprint density at radius 1 is 1.17 bits per heavy atom. The quantitative estimate of drug-likeness (QED) is 0.829. The second-order valence-electron chi connectivity index (χ2n) is 6.98. The van der Waals surface area contributed by atoms with Crippen molar-refractivity contribution in [2.75, 3.05) is 32.8 Å². The lowest BCUT2D eigenvalue weighted by Crippen LogP contribution is -2.49. The van der Waals surface area contributed by atoms with Crippen LogP contribution < -0.4 is 0 Å². The maximum Gasteiger partial charge on any atom is 0.237 e. The van der Waals surface area contributed by atoms with Crippen molar-refractivity contribution >= 4 is 5.91 Å². The molecule has 0 radical (unpaired) electrons. The number of piperidine rings is 1. The molecule has 0 aromatic heterocycles. The summed E-state index contributed by atoms with van der Waals surface area (Å²) in [4.78, 5) is 17.0. The maximum absolute atomic E-state index is 12.8. The third-order valence-electron chi connectivity index (χ3n) is 4.93. The number of hydrogen-bond donors (Lipinski definition) is 0. The average Bonchev–Trinajstić information content (AvgIpc) is 3.04. The molecule has 0 aliphatic carbocycles. The van der Waals surface area contributed by atoms with Crippen LogP contribution in [0.2, 0.25) is 0 Å². The van der Waals surface area contributed by atoms with Gasteiger partial charge in [0.25, 0.3) is 0 Å². The summed E-state index contributed by atoms with van der Waals surface area (Å²) in [6.07, 6.45) is 1.70. The number of likely N-dealkylation sites (tertiary alicyclic amines) is 1. The minimum absolute atomic E-state index is 0.190. The molecule has 1 aromatic carbocycles. The summed E-state index contributed by atoms with van der Waals surface area (Å²) in [6, 6.07) is 10.4. The normalized spacial score (nSPS) is 20.6. The first-order chi connectivity index (χ1) is 11.6. The number of amides is 1. The van der Waals surface area contributed by atoms with Gasteiger partial charge in [-0.15, -0.1) is 0 Å². The first kappa shape index (κ1) is 17.4. The Balaban J connectivity index is 1.54. The van der Waals surface area contributed by atoms with Crippen molar-refractivity contribution in [1.82, 2.24) is 9.80 Å². The molecule has 0 bridgehead atoms. The van der Waals surface area contributed by atoms with Crippen LogP contribution in [0.3, 0.4) is 0 Å². The number of rotatable bonds is 5. The van der Waals surface area contributed by atoms with E-state index in [2.05, 4.69) is 30.9 Å². The Labute approximate surface area is 144 Å². The summed E-state index contributed by atoms with van der Waals surface area (Å²) in [5, 5.41) is 0. The van der Waals surface area contributed by atoms with Crippen molar-refractivity contribution in [1.29, 1.82) is 0 Å². The van der Waals surface area contributed by atoms with Gasteiger partial charge < -0.3 is 14.4 Å². The second kappa shape index (κ2) is 7.64. The van der Waals surface area contributed by atoms with E-state index in [1.807, 2.05) is 23.1 Å². The molecule has 0 atom stereocenters. The van der Waals surface area contributed by atoms with E-state index in [1.54, 1.807) is 0 Å². The molecular formula is C19H28N2O3. The molecular weight excluding hydrogens is 304 g/mol. The molecule has 1 aromatic rings. The minimum atomic E-state index is -0.374. The highest BCUT2D eigenvalue weighted by Crippen LogP contribution is 2.31. The predicted octanol–water partition coefficient (Wildman–Crippen LogP) is 2.26. The van der Waals surface area contributed by atoms with E-state index < -0.39 is 0 Å². The molecule has 132 valence electrons. The fraction of sp³-hybridized carbons (Fsp3) is 0.632. The first-order valence-corrected chi connectivity index (χ1v) is 8.92. The number of carbonyl (C=O) groups excluding carboxylic acids is 1. The zero-order valence-electron chi connectivity index (χ0n) is 14.7. The van der Waals surface area contributed by atoms with E-state index in [0.717, 1.165) is 25.9 Å². The van der Waals surface area contributed by atoms with E-state index in [9.17, 15) is 4.79 Å². The summed E-state index contributed by atoms with van der Waals surface area (Å²) in [5.41, 5.74) is 1.17. The van der Waals surface area contributed by atoms with Gasteiger partial charge in [0.15, 0.2) is 5.79 Å². The minimum Gasteiger partial charge on any atom is -0.347 e. The summed E-state index contributed by atoms with van der Waals surface area (Å²) < 4.78 is 11.5. The molecule has 2 heterocycles. The van der Waals surface area contributed by atoms with Gasteiger partial charge >= 0.3 is 0 Å². The van der Waals surface area contributed by atoms with Crippen LogP contribution in [0, 0.1) is 0 Å². The van der Waals surface area contributed by atoms with Gasteiger partial charge in [0, 0.05) is 38.5 Å². The lowest BCUT2D eigenvalue weighted by molar-refractivity contribution is -0.186. The summed E-state index contributed by atoms with van der Waals surface area (Å²) in [6.45, 7) is 8.38. The van der Waals surface area contributed by atoms with Crippen molar-refractivity contribution in [3.63, 3.8) is 0 Å². The zero-order valence-corrected chi connectivity index (χ0v) is 14.7. The summed E-state index contributed by atoms with van der Waals surface area (Å²) in [5.74, 6) is -0.181. The SMILES string of the molecule is CC(C)N(Cc1ccccc1)C(=O)CN1CCC2(CC1)OCCO2. The molecule has 1 spiro atoms. The Bertz CT molecular complexity index is 531. The largest absolute Gasteiger partial charge is 0.347 e. The van der Waals surface area contributed by atoms with Crippen molar-refractivity contribution < 1.29 is 14.3 Å². The number of carbonyl (C=O) groups is 1. The highest BCUT2D eigenvalue weighted by atomic mass is 16.7. The van der Waals surface area contributed by atoms with E-state index in [4.69, 9.17) is 9.47 Å². The number of benzene rings is 1. The van der Waals surface area contributed by atoms with Crippen LogP contribution in [0.4, 0.5) is 0 Å². The molecule has 5 nitrogen and oxygen atoms in total. The molecule has 2 fully saturated rings. The fourth-order valence-electron chi connectivity index (χ4n) is 3.46. The van der Waals surface area contributed by atoms with Gasteiger partial charge in [0.1, 0.15) is 0 Å². The topological polar surface area (TPSA) is 42.0 Å². The van der Waals surface area contributed by atoms with E-state index in [1.165, 1.54) is 5.56 Å². The zero-order chi connectivity index (χ0) is 17.0. The molecule has 0 N–H and O–H groups in total. The third kappa shape index (κ3) is 4.15. The van der Waals surface area contributed by atoms with Gasteiger partial charge in [-0.2, -0.15) is 0 Å².